The molecule has 0 heterocycles. The fourth-order valence-electron chi connectivity index (χ4n) is 4.83. The Hall–Kier alpha value is -3.88. The molecule has 0 spiro atoms. The van der Waals surface area contributed by atoms with E-state index in [1.807, 2.05) is 80.6 Å². The maximum atomic E-state index is 14.3. The third-order valence-electron chi connectivity index (χ3n) is 6.91. The standard InChI is InChI=1S/C33H36ClN3O4S/c1-24(2)21-35-33(39)31(20-25-11-5-4-6-12-25)36(22-26-13-9-16-28(34)19-26)32(38)23-37(42(3,40)41)30-18-10-15-27-14-7-8-17-29(27)30/h4-19,24,31H,20-23H2,1-3H3,(H,35,39)/t31-/m0/s1. The smallest absolute Gasteiger partial charge is 0.244 e. The first-order valence-electron chi connectivity index (χ1n) is 13.8. The molecule has 0 radical (unpaired) electrons. The van der Waals surface area contributed by atoms with Crippen molar-refractivity contribution < 1.29 is 18.0 Å². The molecule has 4 aromatic carbocycles. The molecule has 0 saturated heterocycles. The molecule has 0 fully saturated rings. The summed E-state index contributed by atoms with van der Waals surface area (Å²) in [4.78, 5) is 29.5. The highest BCUT2D eigenvalue weighted by molar-refractivity contribution is 7.92. The molecule has 1 atom stereocenters. The first kappa shape index (κ1) is 31.1. The van der Waals surface area contributed by atoms with Crippen LogP contribution in [0.4, 0.5) is 5.69 Å². The monoisotopic (exact) mass is 605 g/mol. The lowest BCUT2D eigenvalue weighted by Crippen LogP contribution is -2.53. The number of sulfonamides is 1. The molecule has 0 aromatic heterocycles. The first-order chi connectivity index (χ1) is 20.0. The number of hydrogen-bond acceptors (Lipinski definition) is 4. The molecular formula is C33H36ClN3O4S. The molecule has 220 valence electrons. The molecular weight excluding hydrogens is 570 g/mol. The minimum absolute atomic E-state index is 0.0686. The van der Waals surface area contributed by atoms with E-state index >= 15 is 0 Å². The Balaban J connectivity index is 1.77. The summed E-state index contributed by atoms with van der Waals surface area (Å²) >= 11 is 6.27. The van der Waals surface area contributed by atoms with Gasteiger partial charge in [0, 0.05) is 29.9 Å². The van der Waals surface area contributed by atoms with Crippen molar-refractivity contribution in [2.75, 3.05) is 23.7 Å². The van der Waals surface area contributed by atoms with Gasteiger partial charge in [-0.15, -0.1) is 0 Å². The van der Waals surface area contributed by atoms with E-state index in [0.29, 0.717) is 22.6 Å². The average Bonchev–Trinajstić information content (AvgIpc) is 2.96. The first-order valence-corrected chi connectivity index (χ1v) is 16.1. The minimum Gasteiger partial charge on any atom is -0.354 e. The van der Waals surface area contributed by atoms with Crippen molar-refractivity contribution in [1.82, 2.24) is 10.2 Å². The van der Waals surface area contributed by atoms with E-state index in [1.165, 1.54) is 4.90 Å². The summed E-state index contributed by atoms with van der Waals surface area (Å²) < 4.78 is 27.5. The van der Waals surface area contributed by atoms with E-state index in [4.69, 9.17) is 11.6 Å². The highest BCUT2D eigenvalue weighted by Crippen LogP contribution is 2.29. The zero-order chi connectivity index (χ0) is 30.3. The number of anilines is 1. The summed E-state index contributed by atoms with van der Waals surface area (Å²) in [5, 5.41) is 5.03. The van der Waals surface area contributed by atoms with Gasteiger partial charge >= 0.3 is 0 Å². The van der Waals surface area contributed by atoms with Gasteiger partial charge in [-0.3, -0.25) is 13.9 Å². The number of nitrogens with zero attached hydrogens (tertiary/aromatic N) is 2. The summed E-state index contributed by atoms with van der Waals surface area (Å²) in [5.41, 5.74) is 2.00. The summed E-state index contributed by atoms with van der Waals surface area (Å²) in [5.74, 6) is -0.608. The Morgan fingerprint density at radius 1 is 0.857 bits per heavy atom. The van der Waals surface area contributed by atoms with Crippen molar-refractivity contribution in [3.05, 3.63) is 113 Å². The van der Waals surface area contributed by atoms with Crippen LogP contribution in [0.15, 0.2) is 97.1 Å². The van der Waals surface area contributed by atoms with Crippen molar-refractivity contribution in [3.63, 3.8) is 0 Å². The van der Waals surface area contributed by atoms with E-state index in [1.54, 1.807) is 30.3 Å². The normalized spacial score (nSPS) is 12.2. The molecule has 0 bridgehead atoms. The van der Waals surface area contributed by atoms with Crippen LogP contribution in [-0.4, -0.2) is 50.5 Å². The Morgan fingerprint density at radius 2 is 1.50 bits per heavy atom. The van der Waals surface area contributed by atoms with Gasteiger partial charge in [-0.2, -0.15) is 0 Å². The second-order valence-corrected chi connectivity index (χ2v) is 13.1. The lowest BCUT2D eigenvalue weighted by atomic mass is 10.0. The predicted molar refractivity (Wildman–Crippen MR) is 170 cm³/mol. The van der Waals surface area contributed by atoms with E-state index in [2.05, 4.69) is 5.32 Å². The molecule has 1 N–H and O–H groups in total. The topological polar surface area (TPSA) is 86.8 Å². The molecule has 0 aliphatic rings. The number of amides is 2. The lowest BCUT2D eigenvalue weighted by molar-refractivity contribution is -0.140. The van der Waals surface area contributed by atoms with Crippen LogP contribution in [0, 0.1) is 5.92 Å². The number of fused-ring (bicyclic) bond motifs is 1. The van der Waals surface area contributed by atoms with Gasteiger partial charge in [-0.05, 0) is 40.6 Å². The summed E-state index contributed by atoms with van der Waals surface area (Å²) in [7, 11) is -3.88. The van der Waals surface area contributed by atoms with Crippen molar-refractivity contribution in [3.8, 4) is 0 Å². The van der Waals surface area contributed by atoms with Gasteiger partial charge in [0.1, 0.15) is 12.6 Å². The van der Waals surface area contributed by atoms with E-state index in [0.717, 1.165) is 27.1 Å². The number of nitrogens with one attached hydrogen (secondary N) is 1. The summed E-state index contributed by atoms with van der Waals surface area (Å²) in [6.07, 6.45) is 1.34. The average molecular weight is 606 g/mol. The highest BCUT2D eigenvalue weighted by Gasteiger charge is 2.33. The maximum Gasteiger partial charge on any atom is 0.244 e. The summed E-state index contributed by atoms with van der Waals surface area (Å²) in [6.45, 7) is 4.02. The number of carbonyl (C=O) groups excluding carboxylic acids is 2. The Morgan fingerprint density at radius 3 is 2.19 bits per heavy atom. The molecule has 0 aliphatic carbocycles. The van der Waals surface area contributed by atoms with E-state index in [-0.39, 0.29) is 24.8 Å². The Bertz CT molecular complexity index is 1640. The van der Waals surface area contributed by atoms with Crippen LogP contribution in [0.2, 0.25) is 5.02 Å². The number of benzene rings is 4. The van der Waals surface area contributed by atoms with Crippen LogP contribution < -0.4 is 9.62 Å². The van der Waals surface area contributed by atoms with Crippen LogP contribution in [0.25, 0.3) is 10.8 Å². The van der Waals surface area contributed by atoms with Gasteiger partial charge in [0.25, 0.3) is 0 Å². The second-order valence-electron chi connectivity index (χ2n) is 10.8. The Kier molecular flexibility index (Phi) is 10.2. The molecule has 2 amide bonds. The van der Waals surface area contributed by atoms with Gasteiger partial charge in [0.05, 0.1) is 11.9 Å². The van der Waals surface area contributed by atoms with Gasteiger partial charge in [0.15, 0.2) is 0 Å². The van der Waals surface area contributed by atoms with Crippen LogP contribution >= 0.6 is 11.6 Å². The molecule has 4 rings (SSSR count). The molecule has 9 heteroatoms. The third-order valence-corrected chi connectivity index (χ3v) is 8.27. The fourth-order valence-corrected chi connectivity index (χ4v) is 5.90. The lowest BCUT2D eigenvalue weighted by Gasteiger charge is -2.34. The van der Waals surface area contributed by atoms with E-state index < -0.39 is 28.5 Å². The number of halogens is 1. The molecule has 0 unspecified atom stereocenters. The maximum absolute atomic E-state index is 14.3. The predicted octanol–water partition coefficient (Wildman–Crippen LogP) is 5.67. The summed E-state index contributed by atoms with van der Waals surface area (Å²) in [6, 6.07) is 28.4. The largest absolute Gasteiger partial charge is 0.354 e. The number of carbonyl (C=O) groups is 2. The van der Waals surface area contributed by atoms with Gasteiger partial charge in [-0.25, -0.2) is 8.42 Å². The zero-order valence-electron chi connectivity index (χ0n) is 24.0. The Labute approximate surface area is 253 Å². The van der Waals surface area contributed by atoms with Gasteiger partial charge < -0.3 is 10.2 Å². The molecule has 42 heavy (non-hydrogen) atoms. The number of rotatable bonds is 12. The van der Waals surface area contributed by atoms with Crippen LogP contribution in [0.3, 0.4) is 0 Å². The SMILES string of the molecule is CC(C)CNC(=O)[C@H](Cc1ccccc1)N(Cc1cccc(Cl)c1)C(=O)CN(c1cccc2ccccc12)S(C)(=O)=O. The highest BCUT2D eigenvalue weighted by atomic mass is 35.5. The third kappa shape index (κ3) is 8.11. The van der Waals surface area contributed by atoms with Crippen molar-refractivity contribution in [2.45, 2.75) is 32.9 Å². The molecule has 4 aromatic rings. The number of hydrogen-bond donors (Lipinski definition) is 1. The fraction of sp³-hybridized carbons (Fsp3) is 0.273. The van der Waals surface area contributed by atoms with Crippen LogP contribution in [-0.2, 0) is 32.6 Å². The molecule has 0 aliphatic heterocycles. The van der Waals surface area contributed by atoms with Gasteiger partial charge in [-0.1, -0.05) is 104 Å². The quantitative estimate of drug-likeness (QED) is 0.225. The van der Waals surface area contributed by atoms with Gasteiger partial charge in [0.2, 0.25) is 21.8 Å². The van der Waals surface area contributed by atoms with Crippen LogP contribution in [0.5, 0.6) is 0 Å². The van der Waals surface area contributed by atoms with Crippen molar-refractivity contribution in [1.29, 1.82) is 0 Å². The second kappa shape index (κ2) is 13.9. The van der Waals surface area contributed by atoms with E-state index in [9.17, 15) is 18.0 Å². The van der Waals surface area contributed by atoms with Crippen molar-refractivity contribution >= 4 is 49.9 Å². The molecule has 7 nitrogen and oxygen atoms in total. The molecule has 0 saturated carbocycles. The zero-order valence-corrected chi connectivity index (χ0v) is 25.6. The minimum atomic E-state index is -3.88. The van der Waals surface area contributed by atoms with Crippen LogP contribution in [0.1, 0.15) is 25.0 Å². The van der Waals surface area contributed by atoms with Crippen molar-refractivity contribution in [2.24, 2.45) is 5.92 Å².